The molecule has 0 aliphatic carbocycles. The van der Waals surface area contributed by atoms with Crippen molar-refractivity contribution in [3.63, 3.8) is 0 Å². The molecule has 0 N–H and O–H groups in total. The lowest BCUT2D eigenvalue weighted by molar-refractivity contribution is 1.42. The second kappa shape index (κ2) is 4.76. The summed E-state index contributed by atoms with van der Waals surface area (Å²) in [4.78, 5) is 0. The van der Waals surface area contributed by atoms with Crippen LogP contribution >= 0.6 is 19.9 Å². The number of benzene rings is 2. The fourth-order valence-corrected chi connectivity index (χ4v) is 4.36. The number of hydrogen-bond donors (Lipinski definition) is 0. The van der Waals surface area contributed by atoms with Crippen LogP contribution in [-0.4, -0.2) is 6.16 Å². The first kappa shape index (κ1) is 11.2. The average molecular weight is 258 g/mol. The number of hydrogen-bond acceptors (Lipinski definition) is 1. The summed E-state index contributed by atoms with van der Waals surface area (Å²) in [5.74, 6) is 0. The number of fused-ring (bicyclic) bond motifs is 3. The monoisotopic (exact) mass is 258 g/mol. The first-order chi connectivity index (χ1) is 8.40. The normalized spacial score (nSPS) is 12.1. The van der Waals surface area contributed by atoms with E-state index in [0.717, 1.165) is 8.58 Å². The van der Waals surface area contributed by atoms with Crippen molar-refractivity contribution in [3.05, 3.63) is 48.0 Å². The summed E-state index contributed by atoms with van der Waals surface area (Å²) < 4.78 is 2.91. The summed E-state index contributed by atoms with van der Waals surface area (Å²) in [6.45, 7) is 2.27. The maximum atomic E-state index is 2.29. The van der Waals surface area contributed by atoms with Crippen LogP contribution in [0.4, 0.5) is 0 Å². The third-order valence-electron chi connectivity index (χ3n) is 3.05. The minimum Gasteiger partial charge on any atom is -0.135 e. The topological polar surface area (TPSA) is 0 Å². The molecule has 86 valence electrons. The number of rotatable bonds is 3. The van der Waals surface area contributed by atoms with Crippen molar-refractivity contribution in [1.29, 1.82) is 0 Å². The standard InChI is InChI=1S/C15H15PS/c1-2-16-10-11-6-5-8-13-12-7-3-4-9-14(12)17-15(11)13/h3-9,16H,2,10H2,1H3. The molecule has 0 fully saturated rings. The maximum absolute atomic E-state index is 2.29. The highest BCUT2D eigenvalue weighted by Crippen LogP contribution is 2.37. The maximum Gasteiger partial charge on any atom is 0.0390 e. The summed E-state index contributed by atoms with van der Waals surface area (Å²) in [6, 6.07) is 15.5. The minimum absolute atomic E-state index is 1.05. The predicted octanol–water partition coefficient (Wildman–Crippen LogP) is 5.25. The van der Waals surface area contributed by atoms with Crippen molar-refractivity contribution >= 4 is 40.1 Å². The molecule has 17 heavy (non-hydrogen) atoms. The van der Waals surface area contributed by atoms with Gasteiger partial charge in [0.2, 0.25) is 0 Å². The second-order valence-corrected chi connectivity index (χ2v) is 6.79. The van der Waals surface area contributed by atoms with Gasteiger partial charge in [-0.1, -0.05) is 43.3 Å². The molecule has 3 rings (SSSR count). The molecular formula is C15H15PS. The van der Waals surface area contributed by atoms with Gasteiger partial charge in [0.05, 0.1) is 0 Å². The van der Waals surface area contributed by atoms with Crippen LogP contribution in [0.3, 0.4) is 0 Å². The molecule has 0 bridgehead atoms. The van der Waals surface area contributed by atoms with E-state index in [0.29, 0.717) is 0 Å². The SMILES string of the molecule is CCPCc1cccc2c1sc1ccccc12. The first-order valence-corrected chi connectivity index (χ1v) is 8.23. The van der Waals surface area contributed by atoms with Crippen molar-refractivity contribution in [3.8, 4) is 0 Å². The van der Waals surface area contributed by atoms with Crippen LogP contribution in [0.2, 0.25) is 0 Å². The van der Waals surface area contributed by atoms with E-state index in [9.17, 15) is 0 Å². The van der Waals surface area contributed by atoms with Gasteiger partial charge in [0.25, 0.3) is 0 Å². The summed E-state index contributed by atoms with van der Waals surface area (Å²) in [7, 11) is 1.05. The van der Waals surface area contributed by atoms with Crippen molar-refractivity contribution in [1.82, 2.24) is 0 Å². The zero-order valence-corrected chi connectivity index (χ0v) is 11.7. The van der Waals surface area contributed by atoms with Crippen LogP contribution in [0.15, 0.2) is 42.5 Å². The Labute approximate surface area is 107 Å². The van der Waals surface area contributed by atoms with Crippen molar-refractivity contribution in [2.75, 3.05) is 6.16 Å². The van der Waals surface area contributed by atoms with Crippen LogP contribution in [0, 0.1) is 0 Å². The largest absolute Gasteiger partial charge is 0.135 e. The Bertz CT molecular complexity index is 654. The lowest BCUT2D eigenvalue weighted by atomic mass is 10.1. The van der Waals surface area contributed by atoms with Crippen molar-refractivity contribution in [2.45, 2.75) is 13.1 Å². The van der Waals surface area contributed by atoms with Crippen LogP contribution in [0.25, 0.3) is 20.2 Å². The highest BCUT2D eigenvalue weighted by molar-refractivity contribution is 7.37. The molecule has 2 aromatic carbocycles. The molecule has 0 radical (unpaired) electrons. The van der Waals surface area contributed by atoms with E-state index in [-0.39, 0.29) is 0 Å². The van der Waals surface area contributed by atoms with Gasteiger partial charge in [-0.15, -0.1) is 19.9 Å². The molecule has 1 heterocycles. The Balaban J connectivity index is 2.24. The van der Waals surface area contributed by atoms with E-state index in [4.69, 9.17) is 0 Å². The highest BCUT2D eigenvalue weighted by atomic mass is 32.1. The van der Waals surface area contributed by atoms with Gasteiger partial charge in [-0.3, -0.25) is 0 Å². The fourth-order valence-electron chi connectivity index (χ4n) is 2.20. The van der Waals surface area contributed by atoms with Gasteiger partial charge in [-0.2, -0.15) is 0 Å². The zero-order valence-electron chi connectivity index (χ0n) is 9.86. The Kier molecular flexibility index (Phi) is 3.13. The first-order valence-electron chi connectivity index (χ1n) is 6.00. The van der Waals surface area contributed by atoms with E-state index < -0.39 is 0 Å². The Hall–Kier alpha value is -0.910. The number of thiophene rings is 1. The van der Waals surface area contributed by atoms with E-state index >= 15 is 0 Å². The van der Waals surface area contributed by atoms with Crippen LogP contribution in [0.1, 0.15) is 12.5 Å². The van der Waals surface area contributed by atoms with Crippen LogP contribution < -0.4 is 0 Å². The molecule has 3 aromatic rings. The molecule has 1 aromatic heterocycles. The lowest BCUT2D eigenvalue weighted by Gasteiger charge is -2.01. The molecule has 0 spiro atoms. The van der Waals surface area contributed by atoms with Gasteiger partial charge in [-0.25, -0.2) is 0 Å². The van der Waals surface area contributed by atoms with E-state index in [1.807, 2.05) is 11.3 Å². The van der Waals surface area contributed by atoms with Crippen molar-refractivity contribution < 1.29 is 0 Å². The van der Waals surface area contributed by atoms with Crippen LogP contribution in [-0.2, 0) is 6.16 Å². The smallest absolute Gasteiger partial charge is 0.0390 e. The average Bonchev–Trinajstić information content (AvgIpc) is 2.75. The Morgan fingerprint density at radius 3 is 2.71 bits per heavy atom. The van der Waals surface area contributed by atoms with Gasteiger partial charge < -0.3 is 0 Å². The molecule has 0 saturated heterocycles. The quantitative estimate of drug-likeness (QED) is 0.563. The van der Waals surface area contributed by atoms with Gasteiger partial charge in [0, 0.05) is 20.2 Å². The Morgan fingerprint density at radius 2 is 1.82 bits per heavy atom. The minimum atomic E-state index is 1.05. The van der Waals surface area contributed by atoms with E-state index in [1.165, 1.54) is 38.1 Å². The molecule has 2 heteroatoms. The van der Waals surface area contributed by atoms with E-state index in [1.54, 1.807) is 0 Å². The Morgan fingerprint density at radius 1 is 1.00 bits per heavy atom. The third kappa shape index (κ3) is 1.99. The molecule has 0 saturated carbocycles. The second-order valence-electron chi connectivity index (χ2n) is 4.17. The summed E-state index contributed by atoms with van der Waals surface area (Å²) >= 11 is 1.94. The highest BCUT2D eigenvalue weighted by Gasteiger charge is 2.07. The molecule has 0 amide bonds. The van der Waals surface area contributed by atoms with Crippen LogP contribution in [0.5, 0.6) is 0 Å². The fraction of sp³-hybridized carbons (Fsp3) is 0.200. The summed E-state index contributed by atoms with van der Waals surface area (Å²) in [6.07, 6.45) is 2.53. The van der Waals surface area contributed by atoms with Gasteiger partial charge in [0.15, 0.2) is 0 Å². The van der Waals surface area contributed by atoms with Gasteiger partial charge in [0.1, 0.15) is 0 Å². The van der Waals surface area contributed by atoms with E-state index in [2.05, 4.69) is 49.4 Å². The lowest BCUT2D eigenvalue weighted by Crippen LogP contribution is -1.79. The summed E-state index contributed by atoms with van der Waals surface area (Å²) in [5.41, 5.74) is 1.53. The molecular weight excluding hydrogens is 243 g/mol. The molecule has 0 aliphatic rings. The summed E-state index contributed by atoms with van der Waals surface area (Å²) in [5, 5.41) is 2.85. The molecule has 1 unspecified atom stereocenters. The molecule has 0 aliphatic heterocycles. The molecule has 0 nitrogen and oxygen atoms in total. The zero-order chi connectivity index (χ0) is 11.7. The third-order valence-corrected chi connectivity index (χ3v) is 5.44. The van der Waals surface area contributed by atoms with Crippen molar-refractivity contribution in [2.24, 2.45) is 0 Å². The van der Waals surface area contributed by atoms with Gasteiger partial charge >= 0.3 is 0 Å². The van der Waals surface area contributed by atoms with Gasteiger partial charge in [-0.05, 0) is 24.0 Å². The predicted molar refractivity (Wildman–Crippen MR) is 81.9 cm³/mol. The molecule has 1 atom stereocenters.